The van der Waals surface area contributed by atoms with E-state index in [1.807, 2.05) is 74.5 Å². The van der Waals surface area contributed by atoms with Crippen molar-refractivity contribution in [2.45, 2.75) is 84.1 Å². The molecule has 2 rings (SSSR count). The average Bonchev–Trinajstić information content (AvgIpc) is 2.85. The van der Waals surface area contributed by atoms with Crippen LogP contribution in [0.2, 0.25) is 0 Å². The summed E-state index contributed by atoms with van der Waals surface area (Å²) in [5.41, 5.74) is 1.37. The molecule has 0 aliphatic carbocycles. The number of amides is 3. The summed E-state index contributed by atoms with van der Waals surface area (Å²) in [5.74, 6) is -0.790. The summed E-state index contributed by atoms with van der Waals surface area (Å²) in [4.78, 5) is 38.0. The molecule has 0 fully saturated rings. The van der Waals surface area contributed by atoms with Gasteiger partial charge in [-0.05, 0) is 57.1 Å². The zero-order valence-corrected chi connectivity index (χ0v) is 23.2. The molecule has 0 heterocycles. The van der Waals surface area contributed by atoms with Gasteiger partial charge in [0.2, 0.25) is 11.8 Å². The van der Waals surface area contributed by atoms with E-state index in [2.05, 4.69) is 16.0 Å². The monoisotopic (exact) mass is 525 g/mol. The van der Waals surface area contributed by atoms with Gasteiger partial charge < -0.3 is 25.8 Å². The van der Waals surface area contributed by atoms with Gasteiger partial charge in [0.15, 0.2) is 0 Å². The third kappa shape index (κ3) is 11.8. The summed E-state index contributed by atoms with van der Waals surface area (Å²) in [6.45, 7) is 9.41. The van der Waals surface area contributed by atoms with Crippen molar-refractivity contribution in [1.82, 2.24) is 16.0 Å². The molecule has 2 aromatic rings. The first-order valence-electron chi connectivity index (χ1n) is 13.3. The van der Waals surface area contributed by atoms with Crippen molar-refractivity contribution in [3.05, 3.63) is 71.8 Å². The first kappa shape index (κ1) is 30.8. The lowest BCUT2D eigenvalue weighted by atomic mass is 9.96. The Hall–Kier alpha value is -3.39. The Morgan fingerprint density at radius 1 is 0.895 bits per heavy atom. The molecule has 8 heteroatoms. The van der Waals surface area contributed by atoms with Gasteiger partial charge in [0.05, 0.1) is 12.1 Å². The van der Waals surface area contributed by atoms with E-state index in [4.69, 9.17) is 4.74 Å². The number of carbonyl (C=O) groups excluding carboxylic acids is 3. The van der Waals surface area contributed by atoms with E-state index in [0.29, 0.717) is 13.0 Å². The summed E-state index contributed by atoms with van der Waals surface area (Å²) in [6, 6.07) is 17.9. The number of aliphatic hydroxyl groups is 1. The molecular formula is C30H43N3O5. The Bertz CT molecular complexity index is 1010. The van der Waals surface area contributed by atoms with E-state index in [-0.39, 0.29) is 24.7 Å². The fraction of sp³-hybridized carbons (Fsp3) is 0.500. The lowest BCUT2D eigenvalue weighted by molar-refractivity contribution is -0.125. The van der Waals surface area contributed by atoms with Crippen molar-refractivity contribution < 1.29 is 24.2 Å². The number of alkyl carbamates (subject to hydrolysis) is 1. The van der Waals surface area contributed by atoms with Crippen LogP contribution in [0.3, 0.4) is 0 Å². The highest BCUT2D eigenvalue weighted by molar-refractivity contribution is 5.86. The normalized spacial score (nSPS) is 13.8. The summed E-state index contributed by atoms with van der Waals surface area (Å²) in [6.07, 6.45) is -0.238. The molecule has 3 amide bonds. The Labute approximate surface area is 226 Å². The molecule has 0 spiro atoms. The molecule has 0 aromatic heterocycles. The lowest BCUT2D eigenvalue weighted by Crippen LogP contribution is -2.55. The molecule has 0 aliphatic heterocycles. The van der Waals surface area contributed by atoms with Crippen LogP contribution in [0.1, 0.15) is 58.6 Å². The first-order valence-corrected chi connectivity index (χ1v) is 13.3. The number of hydrogen-bond donors (Lipinski definition) is 4. The molecular weight excluding hydrogens is 482 g/mol. The molecule has 0 bridgehead atoms. The molecule has 2 unspecified atom stereocenters. The topological polar surface area (TPSA) is 117 Å². The number of ether oxygens (including phenoxy) is 1. The van der Waals surface area contributed by atoms with E-state index in [1.54, 1.807) is 20.8 Å². The van der Waals surface area contributed by atoms with E-state index >= 15 is 0 Å². The quantitative estimate of drug-likeness (QED) is 0.318. The molecule has 0 saturated heterocycles. The van der Waals surface area contributed by atoms with E-state index < -0.39 is 35.8 Å². The van der Waals surface area contributed by atoms with Gasteiger partial charge in [0.25, 0.3) is 0 Å². The van der Waals surface area contributed by atoms with Crippen LogP contribution in [-0.4, -0.2) is 53.3 Å². The Balaban J connectivity index is 1.99. The average molecular weight is 526 g/mol. The standard InChI is InChI=1S/C30H43N3O5/c1-21(2)27(33-29(37)38-30(3,4)5)28(36)32-24(20-23-14-10-7-11-15-23)25(34)16-17-26(35)31-19-18-22-12-8-6-9-13-22/h6-15,21,24-25,27,34H,16-20H2,1-5H3,(H,31,35)(H,32,36)(H,33,37)/t24?,25?,27-/m0/s1. The van der Waals surface area contributed by atoms with Gasteiger partial charge in [0, 0.05) is 13.0 Å². The largest absolute Gasteiger partial charge is 0.444 e. The maximum atomic E-state index is 13.2. The fourth-order valence-electron chi connectivity index (χ4n) is 3.95. The molecule has 4 N–H and O–H groups in total. The lowest BCUT2D eigenvalue weighted by Gasteiger charge is -2.29. The number of hydrogen-bond acceptors (Lipinski definition) is 5. The third-order valence-corrected chi connectivity index (χ3v) is 5.96. The summed E-state index contributed by atoms with van der Waals surface area (Å²) >= 11 is 0. The maximum absolute atomic E-state index is 13.2. The van der Waals surface area contributed by atoms with Crippen LogP contribution in [0.5, 0.6) is 0 Å². The fourth-order valence-corrected chi connectivity index (χ4v) is 3.95. The van der Waals surface area contributed by atoms with Crippen LogP contribution in [0.4, 0.5) is 4.79 Å². The smallest absolute Gasteiger partial charge is 0.408 e. The number of aliphatic hydroxyl groups excluding tert-OH is 1. The summed E-state index contributed by atoms with van der Waals surface area (Å²) in [7, 11) is 0. The van der Waals surface area contributed by atoms with Crippen LogP contribution in [-0.2, 0) is 27.2 Å². The van der Waals surface area contributed by atoms with Gasteiger partial charge in [0.1, 0.15) is 11.6 Å². The minimum absolute atomic E-state index is 0.126. The summed E-state index contributed by atoms with van der Waals surface area (Å²) in [5, 5.41) is 19.5. The van der Waals surface area contributed by atoms with Gasteiger partial charge in [-0.1, -0.05) is 74.5 Å². The van der Waals surface area contributed by atoms with E-state index in [1.165, 1.54) is 0 Å². The van der Waals surface area contributed by atoms with Gasteiger partial charge in [-0.15, -0.1) is 0 Å². The predicted octanol–water partition coefficient (Wildman–Crippen LogP) is 3.76. The molecule has 0 aliphatic rings. The van der Waals surface area contributed by atoms with Crippen molar-refractivity contribution in [3.63, 3.8) is 0 Å². The Morgan fingerprint density at radius 2 is 1.47 bits per heavy atom. The maximum Gasteiger partial charge on any atom is 0.408 e. The minimum atomic E-state index is -0.964. The van der Waals surface area contributed by atoms with Crippen LogP contribution in [0.25, 0.3) is 0 Å². The molecule has 38 heavy (non-hydrogen) atoms. The number of nitrogens with one attached hydrogen (secondary N) is 3. The number of carbonyl (C=O) groups is 3. The predicted molar refractivity (Wildman–Crippen MR) is 148 cm³/mol. The molecule has 0 radical (unpaired) electrons. The van der Waals surface area contributed by atoms with Gasteiger partial charge >= 0.3 is 6.09 Å². The molecule has 8 nitrogen and oxygen atoms in total. The second kappa shape index (κ2) is 15.1. The molecule has 3 atom stereocenters. The van der Waals surface area contributed by atoms with Crippen LogP contribution < -0.4 is 16.0 Å². The van der Waals surface area contributed by atoms with Crippen LogP contribution in [0, 0.1) is 5.92 Å². The third-order valence-electron chi connectivity index (χ3n) is 5.96. The molecule has 208 valence electrons. The molecule has 0 saturated carbocycles. The number of benzene rings is 2. The summed E-state index contributed by atoms with van der Waals surface area (Å²) < 4.78 is 5.32. The van der Waals surface area contributed by atoms with Crippen molar-refractivity contribution in [3.8, 4) is 0 Å². The zero-order valence-electron chi connectivity index (χ0n) is 23.2. The highest BCUT2D eigenvalue weighted by Crippen LogP contribution is 2.13. The van der Waals surface area contributed by atoms with Crippen molar-refractivity contribution >= 4 is 17.9 Å². The van der Waals surface area contributed by atoms with Crippen LogP contribution in [0.15, 0.2) is 60.7 Å². The Morgan fingerprint density at radius 3 is 2.03 bits per heavy atom. The zero-order chi connectivity index (χ0) is 28.1. The number of rotatable bonds is 13. The van der Waals surface area contributed by atoms with Crippen molar-refractivity contribution in [1.29, 1.82) is 0 Å². The SMILES string of the molecule is CC(C)[C@H](NC(=O)OC(C)(C)C)C(=O)NC(Cc1ccccc1)C(O)CCC(=O)NCCc1ccccc1. The van der Waals surface area contributed by atoms with Crippen LogP contribution >= 0.6 is 0 Å². The van der Waals surface area contributed by atoms with Crippen molar-refractivity contribution in [2.24, 2.45) is 5.92 Å². The van der Waals surface area contributed by atoms with Gasteiger partial charge in [-0.25, -0.2) is 4.79 Å². The second-order valence-corrected chi connectivity index (χ2v) is 10.9. The van der Waals surface area contributed by atoms with E-state index in [9.17, 15) is 19.5 Å². The van der Waals surface area contributed by atoms with E-state index in [0.717, 1.165) is 17.5 Å². The second-order valence-electron chi connectivity index (χ2n) is 10.9. The highest BCUT2D eigenvalue weighted by atomic mass is 16.6. The first-order chi connectivity index (χ1) is 17.9. The minimum Gasteiger partial charge on any atom is -0.444 e. The highest BCUT2D eigenvalue weighted by Gasteiger charge is 2.30. The van der Waals surface area contributed by atoms with Crippen molar-refractivity contribution in [2.75, 3.05) is 6.54 Å². The van der Waals surface area contributed by atoms with Gasteiger partial charge in [-0.2, -0.15) is 0 Å². The Kier molecular flexibility index (Phi) is 12.3. The molecule has 2 aromatic carbocycles. The van der Waals surface area contributed by atoms with Gasteiger partial charge in [-0.3, -0.25) is 9.59 Å².